The quantitative estimate of drug-likeness (QED) is 0.860. The number of nitrogens with zero attached hydrogens (tertiary/aromatic N) is 1. The molecular formula is C11H16BrN3O4. The Hall–Kier alpha value is -1.57. The molecule has 0 saturated carbocycles. The van der Waals surface area contributed by atoms with Crippen LogP contribution in [0.1, 0.15) is 27.7 Å². The van der Waals surface area contributed by atoms with Crippen molar-refractivity contribution < 1.29 is 9.53 Å². The van der Waals surface area contributed by atoms with Crippen LogP contribution in [0, 0.1) is 0 Å². The standard InChI is InChI=1S/C11H16BrN3O4/c1-5-15-7(6(12)8(16)14-9(15)17)13-10(18)19-11(2,3)4/h5H2,1-4H3,(H,13,18)(H,14,16,17). The summed E-state index contributed by atoms with van der Waals surface area (Å²) < 4.78 is 6.36. The number of amides is 1. The fourth-order valence-electron chi connectivity index (χ4n) is 1.37. The second kappa shape index (κ2) is 5.60. The molecule has 0 aliphatic carbocycles. The van der Waals surface area contributed by atoms with Crippen molar-refractivity contribution in [1.82, 2.24) is 9.55 Å². The number of rotatable bonds is 2. The molecule has 0 aliphatic heterocycles. The van der Waals surface area contributed by atoms with Crippen molar-refractivity contribution in [1.29, 1.82) is 0 Å². The molecule has 0 bridgehead atoms. The Kier molecular flexibility index (Phi) is 4.56. The highest BCUT2D eigenvalue weighted by Crippen LogP contribution is 2.17. The lowest BCUT2D eigenvalue weighted by Gasteiger charge is -2.20. The third-order valence-corrected chi connectivity index (χ3v) is 2.81. The van der Waals surface area contributed by atoms with E-state index in [1.54, 1.807) is 27.7 Å². The minimum atomic E-state index is -0.736. The van der Waals surface area contributed by atoms with E-state index in [0.717, 1.165) is 0 Å². The summed E-state index contributed by atoms with van der Waals surface area (Å²) in [6.45, 7) is 7.15. The van der Waals surface area contributed by atoms with Crippen LogP contribution in [0.25, 0.3) is 0 Å². The maximum atomic E-state index is 11.7. The van der Waals surface area contributed by atoms with Crippen molar-refractivity contribution in [2.45, 2.75) is 39.8 Å². The summed E-state index contributed by atoms with van der Waals surface area (Å²) in [6, 6.07) is 0. The van der Waals surface area contributed by atoms with Crippen molar-refractivity contribution in [2.24, 2.45) is 0 Å². The first-order chi connectivity index (χ1) is 8.65. The third kappa shape index (κ3) is 3.95. The van der Waals surface area contributed by atoms with Gasteiger partial charge in [0, 0.05) is 6.54 Å². The number of halogens is 1. The molecule has 0 radical (unpaired) electrons. The zero-order chi connectivity index (χ0) is 14.8. The van der Waals surface area contributed by atoms with Crippen molar-refractivity contribution in [3.05, 3.63) is 25.3 Å². The average molecular weight is 334 g/mol. The van der Waals surface area contributed by atoms with Crippen LogP contribution in [0.5, 0.6) is 0 Å². The van der Waals surface area contributed by atoms with Gasteiger partial charge in [0.15, 0.2) is 0 Å². The molecule has 1 aromatic rings. The van der Waals surface area contributed by atoms with Gasteiger partial charge in [-0.1, -0.05) is 0 Å². The lowest BCUT2D eigenvalue weighted by atomic mass is 10.2. The maximum absolute atomic E-state index is 11.7. The fraction of sp³-hybridized carbons (Fsp3) is 0.545. The number of H-pyrrole nitrogens is 1. The highest BCUT2D eigenvalue weighted by Gasteiger charge is 2.20. The van der Waals surface area contributed by atoms with Gasteiger partial charge in [0.1, 0.15) is 15.9 Å². The van der Waals surface area contributed by atoms with Gasteiger partial charge in [-0.3, -0.25) is 19.7 Å². The van der Waals surface area contributed by atoms with Gasteiger partial charge in [0.25, 0.3) is 5.56 Å². The topological polar surface area (TPSA) is 93.2 Å². The largest absolute Gasteiger partial charge is 0.444 e. The van der Waals surface area contributed by atoms with Crippen LogP contribution in [0.4, 0.5) is 10.6 Å². The van der Waals surface area contributed by atoms with E-state index in [-0.39, 0.29) is 10.3 Å². The molecular weight excluding hydrogens is 318 g/mol. The van der Waals surface area contributed by atoms with E-state index in [1.807, 2.05) is 0 Å². The Morgan fingerprint density at radius 2 is 2.00 bits per heavy atom. The fourth-order valence-corrected chi connectivity index (χ4v) is 1.78. The molecule has 1 rings (SSSR count). The SMILES string of the molecule is CCn1c(NC(=O)OC(C)(C)C)c(Br)c(=O)[nH]c1=O. The van der Waals surface area contributed by atoms with Crippen molar-refractivity contribution in [2.75, 3.05) is 5.32 Å². The number of carbonyl (C=O) groups excluding carboxylic acids is 1. The predicted octanol–water partition coefficient (Wildman–Crippen LogP) is 1.67. The van der Waals surface area contributed by atoms with Crippen LogP contribution >= 0.6 is 15.9 Å². The summed E-state index contributed by atoms with van der Waals surface area (Å²) in [6.07, 6.45) is -0.736. The van der Waals surface area contributed by atoms with Crippen LogP contribution in [0.2, 0.25) is 0 Å². The monoisotopic (exact) mass is 333 g/mol. The normalized spacial score (nSPS) is 11.2. The molecule has 2 N–H and O–H groups in total. The van der Waals surface area contributed by atoms with Gasteiger partial charge in [-0.2, -0.15) is 0 Å². The number of carbonyl (C=O) groups is 1. The molecule has 19 heavy (non-hydrogen) atoms. The molecule has 0 spiro atoms. The Balaban J connectivity index is 3.17. The number of anilines is 1. The zero-order valence-corrected chi connectivity index (χ0v) is 12.8. The first kappa shape index (κ1) is 15.5. The van der Waals surface area contributed by atoms with Gasteiger partial charge in [-0.05, 0) is 43.6 Å². The Morgan fingerprint density at radius 1 is 1.42 bits per heavy atom. The molecule has 7 nitrogen and oxygen atoms in total. The Labute approximate surface area is 118 Å². The highest BCUT2D eigenvalue weighted by atomic mass is 79.9. The molecule has 8 heteroatoms. The maximum Gasteiger partial charge on any atom is 0.413 e. The summed E-state index contributed by atoms with van der Waals surface area (Å²) in [5, 5.41) is 2.40. The minimum Gasteiger partial charge on any atom is -0.444 e. The summed E-state index contributed by atoms with van der Waals surface area (Å²) >= 11 is 3.04. The molecule has 1 amide bonds. The van der Waals surface area contributed by atoms with E-state index in [2.05, 4.69) is 26.2 Å². The third-order valence-electron chi connectivity index (χ3n) is 2.08. The van der Waals surface area contributed by atoms with Gasteiger partial charge in [-0.25, -0.2) is 9.59 Å². The lowest BCUT2D eigenvalue weighted by molar-refractivity contribution is 0.0634. The number of ether oxygens (including phenoxy) is 1. The van der Waals surface area contributed by atoms with Gasteiger partial charge in [-0.15, -0.1) is 0 Å². The van der Waals surface area contributed by atoms with Crippen LogP contribution in [-0.4, -0.2) is 21.2 Å². The van der Waals surface area contributed by atoms with Crippen LogP contribution < -0.4 is 16.6 Å². The predicted molar refractivity (Wildman–Crippen MR) is 74.6 cm³/mol. The van der Waals surface area contributed by atoms with E-state index in [4.69, 9.17) is 4.74 Å². The molecule has 0 aliphatic rings. The van der Waals surface area contributed by atoms with E-state index in [1.165, 1.54) is 4.57 Å². The Morgan fingerprint density at radius 3 is 2.47 bits per heavy atom. The second-order valence-electron chi connectivity index (χ2n) is 4.79. The average Bonchev–Trinajstić information content (AvgIpc) is 2.23. The Bertz CT molecular complexity index is 597. The van der Waals surface area contributed by atoms with E-state index >= 15 is 0 Å². The van der Waals surface area contributed by atoms with Crippen LogP contribution in [0.3, 0.4) is 0 Å². The van der Waals surface area contributed by atoms with Crippen LogP contribution in [0.15, 0.2) is 14.1 Å². The number of hydrogen-bond acceptors (Lipinski definition) is 4. The molecule has 1 heterocycles. The van der Waals surface area contributed by atoms with Crippen molar-refractivity contribution in [3.63, 3.8) is 0 Å². The molecule has 1 aromatic heterocycles. The highest BCUT2D eigenvalue weighted by molar-refractivity contribution is 9.10. The van der Waals surface area contributed by atoms with Gasteiger partial charge in [0.2, 0.25) is 0 Å². The van der Waals surface area contributed by atoms with E-state index in [9.17, 15) is 14.4 Å². The summed E-state index contributed by atoms with van der Waals surface area (Å²) in [7, 11) is 0. The molecule has 0 fully saturated rings. The first-order valence-electron chi connectivity index (χ1n) is 5.68. The smallest absolute Gasteiger partial charge is 0.413 e. The molecule has 106 valence electrons. The van der Waals surface area contributed by atoms with E-state index < -0.39 is 22.9 Å². The minimum absolute atomic E-state index is 0.0693. The van der Waals surface area contributed by atoms with Crippen molar-refractivity contribution in [3.8, 4) is 0 Å². The summed E-state index contributed by atoms with van der Waals surface area (Å²) in [5.74, 6) is 0.0745. The number of nitrogens with one attached hydrogen (secondary N) is 2. The summed E-state index contributed by atoms with van der Waals surface area (Å²) in [4.78, 5) is 36.9. The second-order valence-corrected chi connectivity index (χ2v) is 5.59. The van der Waals surface area contributed by atoms with Crippen molar-refractivity contribution >= 4 is 27.8 Å². The molecule has 0 unspecified atom stereocenters. The zero-order valence-electron chi connectivity index (χ0n) is 11.2. The van der Waals surface area contributed by atoms with Gasteiger partial charge in [0.05, 0.1) is 0 Å². The number of hydrogen-bond donors (Lipinski definition) is 2. The number of aromatic nitrogens is 2. The molecule has 0 saturated heterocycles. The van der Waals surface area contributed by atoms with E-state index in [0.29, 0.717) is 6.54 Å². The van der Waals surface area contributed by atoms with Gasteiger partial charge >= 0.3 is 11.8 Å². The number of aromatic amines is 1. The summed E-state index contributed by atoms with van der Waals surface area (Å²) in [5.41, 5.74) is -1.88. The molecule has 0 aromatic carbocycles. The lowest BCUT2D eigenvalue weighted by Crippen LogP contribution is -2.35. The van der Waals surface area contributed by atoms with Gasteiger partial charge < -0.3 is 4.74 Å². The van der Waals surface area contributed by atoms with Crippen LogP contribution in [-0.2, 0) is 11.3 Å². The first-order valence-corrected chi connectivity index (χ1v) is 6.47. The molecule has 0 atom stereocenters.